The molecule has 3 heterocycles. The Morgan fingerprint density at radius 1 is 1.18 bits per heavy atom. The number of thiazole rings is 1. The zero-order valence-electron chi connectivity index (χ0n) is 19.7. The van der Waals surface area contributed by atoms with Crippen molar-refractivity contribution in [2.45, 2.75) is 33.2 Å². The van der Waals surface area contributed by atoms with E-state index in [9.17, 15) is 4.79 Å². The fraction of sp³-hybridized carbons (Fsp3) is 0.346. The molecule has 0 spiro atoms. The van der Waals surface area contributed by atoms with Gasteiger partial charge in [0, 0.05) is 19.6 Å². The van der Waals surface area contributed by atoms with Crippen LogP contribution in [0.15, 0.2) is 48.5 Å². The van der Waals surface area contributed by atoms with Gasteiger partial charge in [0.15, 0.2) is 10.8 Å². The second-order valence-corrected chi connectivity index (χ2v) is 9.75. The molecule has 2 aromatic carbocycles. The average molecular weight is 476 g/mol. The number of amides is 1. The highest BCUT2D eigenvalue weighted by Crippen LogP contribution is 2.34. The minimum Gasteiger partial charge on any atom is -0.497 e. The zero-order valence-corrected chi connectivity index (χ0v) is 20.6. The van der Waals surface area contributed by atoms with Gasteiger partial charge in [0.2, 0.25) is 5.91 Å². The number of benzene rings is 2. The molecular weight excluding hydrogens is 446 g/mol. The molecule has 0 bridgehead atoms. The molecule has 5 rings (SSSR count). The first kappa shape index (κ1) is 22.4. The van der Waals surface area contributed by atoms with Crippen molar-refractivity contribution in [2.75, 3.05) is 25.1 Å². The molecule has 34 heavy (non-hydrogen) atoms. The normalized spacial score (nSPS) is 16.1. The fourth-order valence-electron chi connectivity index (χ4n) is 4.46. The van der Waals surface area contributed by atoms with E-state index < -0.39 is 0 Å². The van der Waals surface area contributed by atoms with Gasteiger partial charge in [-0.25, -0.2) is 4.68 Å². The SMILES string of the molecule is COc1ccc(-n2nc(C)c3sc(N4CCC[C@H](C(=O)NCc5ccccc5C)C4)nc32)cc1. The molecule has 1 aliphatic heterocycles. The van der Waals surface area contributed by atoms with E-state index in [2.05, 4.69) is 29.3 Å². The number of carbonyl (C=O) groups is 1. The topological polar surface area (TPSA) is 72.3 Å². The molecule has 0 saturated carbocycles. The van der Waals surface area contributed by atoms with Crippen LogP contribution in [0.25, 0.3) is 16.0 Å². The van der Waals surface area contributed by atoms with E-state index in [0.717, 1.165) is 57.6 Å². The van der Waals surface area contributed by atoms with Crippen molar-refractivity contribution in [3.8, 4) is 11.4 Å². The third kappa shape index (κ3) is 4.37. The summed E-state index contributed by atoms with van der Waals surface area (Å²) in [5.41, 5.74) is 5.12. The number of hydrogen-bond acceptors (Lipinski definition) is 6. The summed E-state index contributed by atoms with van der Waals surface area (Å²) in [7, 11) is 1.66. The fourth-order valence-corrected chi connectivity index (χ4v) is 5.48. The number of nitrogens with one attached hydrogen (secondary N) is 1. The molecule has 1 atom stereocenters. The standard InChI is InChI=1S/C26H29N5O2S/c1-17-7-4-5-8-19(17)15-27-25(32)20-9-6-14-30(16-20)26-28-24-23(34-26)18(2)29-31(24)21-10-12-22(33-3)13-11-21/h4-5,7-8,10-13,20H,6,9,14-16H2,1-3H3,(H,27,32)/t20-/m0/s1. The Bertz CT molecular complexity index is 1310. The predicted octanol–water partition coefficient (Wildman–Crippen LogP) is 4.64. The molecule has 1 aliphatic rings. The van der Waals surface area contributed by atoms with Gasteiger partial charge in [0.1, 0.15) is 5.75 Å². The number of aromatic nitrogens is 3. The van der Waals surface area contributed by atoms with E-state index in [0.29, 0.717) is 13.1 Å². The summed E-state index contributed by atoms with van der Waals surface area (Å²) in [4.78, 5) is 20.2. The molecule has 4 aromatic rings. The van der Waals surface area contributed by atoms with E-state index in [1.165, 1.54) is 5.56 Å². The third-order valence-electron chi connectivity index (χ3n) is 6.47. The lowest BCUT2D eigenvalue weighted by atomic mass is 9.97. The van der Waals surface area contributed by atoms with Gasteiger partial charge in [-0.05, 0) is 62.1 Å². The minimum absolute atomic E-state index is 0.0380. The molecule has 7 nitrogen and oxygen atoms in total. The number of piperidine rings is 1. The minimum atomic E-state index is -0.0380. The second-order valence-electron chi connectivity index (χ2n) is 8.77. The Balaban J connectivity index is 1.32. The van der Waals surface area contributed by atoms with Crippen LogP contribution >= 0.6 is 11.3 Å². The maximum Gasteiger partial charge on any atom is 0.225 e. The summed E-state index contributed by atoms with van der Waals surface area (Å²) in [6.07, 6.45) is 1.88. The molecule has 0 unspecified atom stereocenters. The highest BCUT2D eigenvalue weighted by atomic mass is 32.1. The van der Waals surface area contributed by atoms with E-state index in [1.54, 1.807) is 18.4 Å². The van der Waals surface area contributed by atoms with Crippen molar-refractivity contribution < 1.29 is 9.53 Å². The van der Waals surface area contributed by atoms with Crippen molar-refractivity contribution in [2.24, 2.45) is 5.92 Å². The summed E-state index contributed by atoms with van der Waals surface area (Å²) in [5, 5.41) is 8.80. The summed E-state index contributed by atoms with van der Waals surface area (Å²) >= 11 is 1.65. The van der Waals surface area contributed by atoms with Gasteiger partial charge in [-0.15, -0.1) is 0 Å². The first-order valence-corrected chi connectivity index (χ1v) is 12.4. The highest BCUT2D eigenvalue weighted by molar-refractivity contribution is 7.22. The Labute approximate surface area is 203 Å². The summed E-state index contributed by atoms with van der Waals surface area (Å²) < 4.78 is 8.25. The van der Waals surface area contributed by atoms with Gasteiger partial charge in [0.05, 0.1) is 29.1 Å². The molecule has 1 N–H and O–H groups in total. The molecule has 8 heteroatoms. The van der Waals surface area contributed by atoms with Crippen LogP contribution in [-0.2, 0) is 11.3 Å². The molecule has 1 saturated heterocycles. The molecule has 2 aromatic heterocycles. The van der Waals surface area contributed by atoms with Gasteiger partial charge in [-0.1, -0.05) is 35.6 Å². The third-order valence-corrected chi connectivity index (χ3v) is 7.69. The van der Waals surface area contributed by atoms with Crippen molar-refractivity contribution in [3.63, 3.8) is 0 Å². The van der Waals surface area contributed by atoms with Crippen LogP contribution in [0, 0.1) is 19.8 Å². The highest BCUT2D eigenvalue weighted by Gasteiger charge is 2.28. The Hall–Kier alpha value is -3.39. The molecule has 0 aliphatic carbocycles. The average Bonchev–Trinajstić information content (AvgIpc) is 3.44. The number of methoxy groups -OCH3 is 1. The van der Waals surface area contributed by atoms with Crippen molar-refractivity contribution in [1.82, 2.24) is 20.1 Å². The summed E-state index contributed by atoms with van der Waals surface area (Å²) in [6.45, 7) is 6.26. The number of nitrogens with zero attached hydrogens (tertiary/aromatic N) is 4. The number of hydrogen-bond donors (Lipinski definition) is 1. The largest absolute Gasteiger partial charge is 0.497 e. The molecule has 176 valence electrons. The lowest BCUT2D eigenvalue weighted by Crippen LogP contribution is -2.43. The number of aryl methyl sites for hydroxylation is 2. The lowest BCUT2D eigenvalue weighted by molar-refractivity contribution is -0.125. The first-order valence-electron chi connectivity index (χ1n) is 11.6. The summed E-state index contributed by atoms with van der Waals surface area (Å²) in [5.74, 6) is 0.890. The number of carbonyl (C=O) groups excluding carboxylic acids is 1. The van der Waals surface area contributed by atoms with Crippen LogP contribution < -0.4 is 15.0 Å². The summed E-state index contributed by atoms with van der Waals surface area (Å²) in [6, 6.07) is 16.0. The Kier molecular flexibility index (Phi) is 6.24. The van der Waals surface area contributed by atoms with E-state index in [-0.39, 0.29) is 11.8 Å². The number of fused-ring (bicyclic) bond motifs is 1. The lowest BCUT2D eigenvalue weighted by Gasteiger charge is -2.31. The van der Waals surface area contributed by atoms with Crippen molar-refractivity contribution in [3.05, 3.63) is 65.4 Å². The van der Waals surface area contributed by atoms with E-state index in [1.807, 2.05) is 48.0 Å². The smallest absolute Gasteiger partial charge is 0.225 e. The number of ether oxygens (including phenoxy) is 1. The maximum atomic E-state index is 12.9. The Morgan fingerprint density at radius 3 is 2.74 bits per heavy atom. The van der Waals surface area contributed by atoms with Gasteiger partial charge in [0.25, 0.3) is 0 Å². The van der Waals surface area contributed by atoms with Crippen molar-refractivity contribution >= 4 is 32.7 Å². The van der Waals surface area contributed by atoms with Gasteiger partial charge in [-0.3, -0.25) is 4.79 Å². The van der Waals surface area contributed by atoms with E-state index in [4.69, 9.17) is 14.8 Å². The Morgan fingerprint density at radius 2 is 1.97 bits per heavy atom. The molecular formula is C26H29N5O2S. The van der Waals surface area contributed by atoms with Gasteiger partial charge < -0.3 is 15.0 Å². The quantitative estimate of drug-likeness (QED) is 0.440. The maximum absolute atomic E-state index is 12.9. The van der Waals surface area contributed by atoms with Crippen molar-refractivity contribution in [1.29, 1.82) is 0 Å². The predicted molar refractivity (Wildman–Crippen MR) is 136 cm³/mol. The molecule has 1 fully saturated rings. The van der Waals surface area contributed by atoms with Crippen LogP contribution in [0.1, 0.15) is 29.7 Å². The van der Waals surface area contributed by atoms with Gasteiger partial charge >= 0.3 is 0 Å². The van der Waals surface area contributed by atoms with Crippen LogP contribution in [0.5, 0.6) is 5.75 Å². The van der Waals surface area contributed by atoms with Gasteiger partial charge in [-0.2, -0.15) is 10.1 Å². The number of anilines is 1. The van der Waals surface area contributed by atoms with Crippen LogP contribution in [0.3, 0.4) is 0 Å². The number of rotatable bonds is 6. The van der Waals surface area contributed by atoms with E-state index >= 15 is 0 Å². The zero-order chi connectivity index (χ0) is 23.7. The monoisotopic (exact) mass is 475 g/mol. The first-order chi connectivity index (χ1) is 16.5. The second kappa shape index (κ2) is 9.46. The van der Waals surface area contributed by atoms with Crippen LogP contribution in [0.4, 0.5) is 5.13 Å². The molecule has 0 radical (unpaired) electrons. The molecule has 1 amide bonds. The van der Waals surface area contributed by atoms with Crippen LogP contribution in [-0.4, -0.2) is 40.9 Å². The van der Waals surface area contributed by atoms with Crippen LogP contribution in [0.2, 0.25) is 0 Å².